The Morgan fingerprint density at radius 3 is 2.63 bits per heavy atom. The summed E-state index contributed by atoms with van der Waals surface area (Å²) in [5.74, 6) is 1.21. The summed E-state index contributed by atoms with van der Waals surface area (Å²) < 4.78 is 10.6. The van der Waals surface area contributed by atoms with Gasteiger partial charge in [-0.05, 0) is 20.3 Å². The molecule has 0 aliphatic rings. The molecule has 0 aliphatic heterocycles. The summed E-state index contributed by atoms with van der Waals surface area (Å²) in [4.78, 5) is 4.37. The van der Waals surface area contributed by atoms with Gasteiger partial charge in [0.05, 0.1) is 6.61 Å². The molecule has 1 heterocycles. The zero-order valence-electron chi connectivity index (χ0n) is 12.4. The molecule has 5 nitrogen and oxygen atoms in total. The van der Waals surface area contributed by atoms with Crippen LogP contribution in [0, 0.1) is 0 Å². The van der Waals surface area contributed by atoms with Crippen molar-refractivity contribution < 1.29 is 9.26 Å². The molecule has 1 atom stereocenters. The van der Waals surface area contributed by atoms with E-state index >= 15 is 0 Å². The minimum atomic E-state index is -0.681. The van der Waals surface area contributed by atoms with Crippen molar-refractivity contribution in [3.05, 3.63) is 11.7 Å². The van der Waals surface area contributed by atoms with Crippen molar-refractivity contribution in [2.75, 3.05) is 13.2 Å². The van der Waals surface area contributed by atoms with E-state index in [1.165, 1.54) is 25.7 Å². The fraction of sp³-hybridized carbons (Fsp3) is 0.857. The second kappa shape index (κ2) is 8.27. The van der Waals surface area contributed by atoms with Crippen molar-refractivity contribution in [2.45, 2.75) is 64.8 Å². The van der Waals surface area contributed by atoms with Crippen molar-refractivity contribution in [1.29, 1.82) is 0 Å². The average molecular weight is 269 g/mol. The number of aromatic nitrogens is 2. The largest absolute Gasteiger partial charge is 0.379 e. The van der Waals surface area contributed by atoms with Gasteiger partial charge in [0.15, 0.2) is 5.82 Å². The van der Waals surface area contributed by atoms with Gasteiger partial charge in [-0.3, -0.25) is 0 Å². The molecule has 0 bridgehead atoms. The normalized spacial score (nSPS) is 14.5. The molecule has 2 N–H and O–H groups in total. The lowest BCUT2D eigenvalue weighted by Crippen LogP contribution is -2.39. The second-order valence-electron chi connectivity index (χ2n) is 5.23. The summed E-state index contributed by atoms with van der Waals surface area (Å²) >= 11 is 0. The fourth-order valence-electron chi connectivity index (χ4n) is 1.85. The van der Waals surface area contributed by atoms with Gasteiger partial charge in [0.25, 0.3) is 0 Å². The van der Waals surface area contributed by atoms with Crippen molar-refractivity contribution in [3.8, 4) is 0 Å². The van der Waals surface area contributed by atoms with E-state index in [2.05, 4.69) is 17.1 Å². The zero-order valence-corrected chi connectivity index (χ0v) is 12.4. The molecule has 1 aromatic heterocycles. The lowest BCUT2D eigenvalue weighted by atomic mass is 10.1. The third-order valence-electron chi connectivity index (χ3n) is 3.08. The standard InChI is InChI=1S/C14H27N3O2/c1-4-6-7-8-9-10-12-16-13(17-19-12)14(3,15)11-18-5-2/h4-11,15H2,1-3H3. The van der Waals surface area contributed by atoms with E-state index in [4.69, 9.17) is 15.0 Å². The summed E-state index contributed by atoms with van der Waals surface area (Å²) in [5.41, 5.74) is 5.44. The van der Waals surface area contributed by atoms with Gasteiger partial charge in [-0.15, -0.1) is 0 Å². The maximum absolute atomic E-state index is 6.12. The molecule has 19 heavy (non-hydrogen) atoms. The number of unbranched alkanes of at least 4 members (excludes halogenated alkanes) is 4. The predicted molar refractivity (Wildman–Crippen MR) is 74.8 cm³/mol. The molecule has 0 radical (unpaired) electrons. The highest BCUT2D eigenvalue weighted by Gasteiger charge is 2.27. The molecular weight excluding hydrogens is 242 g/mol. The number of nitrogens with zero attached hydrogens (tertiary/aromatic N) is 2. The minimum absolute atomic E-state index is 0.402. The Bertz CT molecular complexity index is 350. The predicted octanol–water partition coefficient (Wildman–Crippen LogP) is 2.79. The maximum atomic E-state index is 6.12. The molecule has 0 aliphatic carbocycles. The Hall–Kier alpha value is -0.940. The SMILES string of the molecule is CCCCCCCc1nc(C(C)(N)COCC)no1. The lowest BCUT2D eigenvalue weighted by molar-refractivity contribution is 0.0962. The summed E-state index contributed by atoms with van der Waals surface area (Å²) in [6, 6.07) is 0. The number of nitrogens with two attached hydrogens (primary N) is 1. The number of hydrogen-bond acceptors (Lipinski definition) is 5. The molecule has 0 fully saturated rings. The number of aryl methyl sites for hydroxylation is 1. The van der Waals surface area contributed by atoms with E-state index in [0.717, 1.165) is 12.8 Å². The first-order valence-corrected chi connectivity index (χ1v) is 7.29. The Kier molecular flexibility index (Phi) is 7.02. The molecule has 0 saturated carbocycles. The number of hydrogen-bond donors (Lipinski definition) is 1. The molecule has 1 rings (SSSR count). The van der Waals surface area contributed by atoms with Crippen LogP contribution in [0.4, 0.5) is 0 Å². The molecule has 0 spiro atoms. The summed E-state index contributed by atoms with van der Waals surface area (Å²) in [6.45, 7) is 7.05. The smallest absolute Gasteiger partial charge is 0.226 e. The van der Waals surface area contributed by atoms with Crippen LogP contribution in [-0.4, -0.2) is 23.4 Å². The van der Waals surface area contributed by atoms with Crippen LogP contribution in [0.15, 0.2) is 4.52 Å². The van der Waals surface area contributed by atoms with Crippen LogP contribution < -0.4 is 5.73 Å². The third-order valence-corrected chi connectivity index (χ3v) is 3.08. The van der Waals surface area contributed by atoms with Gasteiger partial charge >= 0.3 is 0 Å². The van der Waals surface area contributed by atoms with E-state index in [1.54, 1.807) is 0 Å². The molecule has 0 saturated heterocycles. The van der Waals surface area contributed by atoms with Crippen LogP contribution in [0.5, 0.6) is 0 Å². The summed E-state index contributed by atoms with van der Waals surface area (Å²) in [7, 11) is 0. The van der Waals surface area contributed by atoms with E-state index < -0.39 is 5.54 Å². The zero-order chi connectivity index (χ0) is 14.1. The van der Waals surface area contributed by atoms with Gasteiger partial charge < -0.3 is 15.0 Å². The quantitative estimate of drug-likeness (QED) is 0.661. The van der Waals surface area contributed by atoms with Gasteiger partial charge in [-0.25, -0.2) is 0 Å². The Morgan fingerprint density at radius 1 is 1.21 bits per heavy atom. The van der Waals surface area contributed by atoms with Crippen molar-refractivity contribution >= 4 is 0 Å². The van der Waals surface area contributed by atoms with Crippen LogP contribution in [-0.2, 0) is 16.7 Å². The molecule has 0 aromatic carbocycles. The first kappa shape index (κ1) is 16.1. The van der Waals surface area contributed by atoms with Crippen LogP contribution in [0.2, 0.25) is 0 Å². The monoisotopic (exact) mass is 269 g/mol. The molecule has 1 unspecified atom stereocenters. The second-order valence-corrected chi connectivity index (χ2v) is 5.23. The fourth-order valence-corrected chi connectivity index (χ4v) is 1.85. The number of ether oxygens (including phenoxy) is 1. The first-order valence-electron chi connectivity index (χ1n) is 7.29. The third kappa shape index (κ3) is 5.70. The van der Waals surface area contributed by atoms with Gasteiger partial charge in [0.1, 0.15) is 5.54 Å². The Balaban J connectivity index is 2.38. The van der Waals surface area contributed by atoms with Crippen molar-refractivity contribution in [3.63, 3.8) is 0 Å². The molecule has 5 heteroatoms. The van der Waals surface area contributed by atoms with Gasteiger partial charge in [-0.1, -0.05) is 37.8 Å². The summed E-state index contributed by atoms with van der Waals surface area (Å²) in [6.07, 6.45) is 6.97. The van der Waals surface area contributed by atoms with E-state index in [1.807, 2.05) is 13.8 Å². The van der Waals surface area contributed by atoms with Crippen LogP contribution in [0.25, 0.3) is 0 Å². The van der Waals surface area contributed by atoms with Crippen LogP contribution in [0.1, 0.15) is 64.6 Å². The maximum Gasteiger partial charge on any atom is 0.226 e. The molecule has 0 amide bonds. The molecule has 1 aromatic rings. The Labute approximate surface area is 115 Å². The lowest BCUT2D eigenvalue weighted by Gasteiger charge is -2.19. The highest BCUT2D eigenvalue weighted by atomic mass is 16.5. The van der Waals surface area contributed by atoms with E-state index in [0.29, 0.717) is 24.9 Å². The van der Waals surface area contributed by atoms with Crippen molar-refractivity contribution in [2.24, 2.45) is 5.73 Å². The van der Waals surface area contributed by atoms with Gasteiger partial charge in [0, 0.05) is 13.0 Å². The number of rotatable bonds is 10. The van der Waals surface area contributed by atoms with Gasteiger partial charge in [0.2, 0.25) is 5.89 Å². The highest BCUT2D eigenvalue weighted by Crippen LogP contribution is 2.16. The highest BCUT2D eigenvalue weighted by molar-refractivity contribution is 5.01. The van der Waals surface area contributed by atoms with Crippen LogP contribution in [0.3, 0.4) is 0 Å². The average Bonchev–Trinajstić information content (AvgIpc) is 2.86. The van der Waals surface area contributed by atoms with E-state index in [-0.39, 0.29) is 0 Å². The summed E-state index contributed by atoms with van der Waals surface area (Å²) in [5, 5.41) is 3.96. The van der Waals surface area contributed by atoms with Gasteiger partial charge in [-0.2, -0.15) is 4.98 Å². The van der Waals surface area contributed by atoms with E-state index in [9.17, 15) is 0 Å². The Morgan fingerprint density at radius 2 is 1.95 bits per heavy atom. The molecule has 110 valence electrons. The van der Waals surface area contributed by atoms with Crippen LogP contribution >= 0.6 is 0 Å². The molecular formula is C14H27N3O2. The first-order chi connectivity index (χ1) is 9.10. The topological polar surface area (TPSA) is 74.2 Å². The minimum Gasteiger partial charge on any atom is -0.379 e. The van der Waals surface area contributed by atoms with Crippen molar-refractivity contribution in [1.82, 2.24) is 10.1 Å².